The SMILES string of the molecule is CC1(C)CCCN(C(=O)c2ccc(C(=O)O)cc2)C1. The molecule has 2 rings (SSSR count). The lowest BCUT2D eigenvalue weighted by Crippen LogP contribution is -2.43. The second-order valence-electron chi connectivity index (χ2n) is 5.88. The van der Waals surface area contributed by atoms with Crippen molar-refractivity contribution in [2.45, 2.75) is 26.7 Å². The molecule has 0 unspecified atom stereocenters. The average molecular weight is 261 g/mol. The lowest BCUT2D eigenvalue weighted by Gasteiger charge is -2.38. The van der Waals surface area contributed by atoms with Crippen molar-refractivity contribution >= 4 is 11.9 Å². The number of benzene rings is 1. The molecule has 1 aromatic rings. The fourth-order valence-electron chi connectivity index (χ4n) is 2.53. The van der Waals surface area contributed by atoms with E-state index in [4.69, 9.17) is 5.11 Å². The van der Waals surface area contributed by atoms with Crippen LogP contribution in [-0.4, -0.2) is 35.0 Å². The van der Waals surface area contributed by atoms with Crippen molar-refractivity contribution in [3.05, 3.63) is 35.4 Å². The molecule has 102 valence electrons. The van der Waals surface area contributed by atoms with Gasteiger partial charge in [0.2, 0.25) is 0 Å². The molecule has 1 fully saturated rings. The fraction of sp³-hybridized carbons (Fsp3) is 0.467. The number of carboxylic acids is 1. The number of nitrogens with zero attached hydrogens (tertiary/aromatic N) is 1. The molecule has 0 aromatic heterocycles. The van der Waals surface area contributed by atoms with Gasteiger partial charge >= 0.3 is 5.97 Å². The molecule has 0 aliphatic carbocycles. The number of likely N-dealkylation sites (tertiary alicyclic amines) is 1. The summed E-state index contributed by atoms with van der Waals surface area (Å²) in [5.41, 5.74) is 0.924. The Morgan fingerprint density at radius 1 is 1.16 bits per heavy atom. The maximum absolute atomic E-state index is 12.3. The van der Waals surface area contributed by atoms with Crippen LogP contribution < -0.4 is 0 Å². The molecule has 4 heteroatoms. The number of aromatic carboxylic acids is 1. The summed E-state index contributed by atoms with van der Waals surface area (Å²) in [5.74, 6) is -0.984. The number of carbonyl (C=O) groups is 2. The zero-order chi connectivity index (χ0) is 14.0. The number of carbonyl (C=O) groups excluding carboxylic acids is 1. The van der Waals surface area contributed by atoms with Crippen molar-refractivity contribution in [2.75, 3.05) is 13.1 Å². The molecule has 1 N–H and O–H groups in total. The highest BCUT2D eigenvalue weighted by atomic mass is 16.4. The molecule has 0 atom stereocenters. The lowest BCUT2D eigenvalue weighted by molar-refractivity contribution is 0.0582. The standard InChI is InChI=1S/C15H19NO3/c1-15(2)8-3-9-16(10-15)13(17)11-4-6-12(7-5-11)14(18)19/h4-7H,3,8-10H2,1-2H3,(H,18,19). The van der Waals surface area contributed by atoms with Crippen molar-refractivity contribution in [3.8, 4) is 0 Å². The van der Waals surface area contributed by atoms with Crippen LogP contribution in [0.5, 0.6) is 0 Å². The quantitative estimate of drug-likeness (QED) is 0.890. The zero-order valence-corrected chi connectivity index (χ0v) is 11.3. The summed E-state index contributed by atoms with van der Waals surface area (Å²) in [4.78, 5) is 25.0. The van der Waals surface area contributed by atoms with Crippen molar-refractivity contribution in [1.82, 2.24) is 4.90 Å². The maximum atomic E-state index is 12.3. The third kappa shape index (κ3) is 3.13. The van der Waals surface area contributed by atoms with Crippen LogP contribution >= 0.6 is 0 Å². The van der Waals surface area contributed by atoms with Crippen LogP contribution in [0.4, 0.5) is 0 Å². The second-order valence-corrected chi connectivity index (χ2v) is 5.88. The van der Waals surface area contributed by atoms with Gasteiger partial charge in [0.1, 0.15) is 0 Å². The van der Waals surface area contributed by atoms with Crippen LogP contribution in [0.2, 0.25) is 0 Å². The zero-order valence-electron chi connectivity index (χ0n) is 11.3. The van der Waals surface area contributed by atoms with Gasteiger partial charge in [0.05, 0.1) is 5.56 Å². The van der Waals surface area contributed by atoms with E-state index in [1.807, 2.05) is 4.90 Å². The van der Waals surface area contributed by atoms with Crippen LogP contribution in [0, 0.1) is 5.41 Å². The molecule has 1 aromatic carbocycles. The van der Waals surface area contributed by atoms with Gasteiger partial charge in [-0.3, -0.25) is 4.79 Å². The van der Waals surface area contributed by atoms with Crippen molar-refractivity contribution in [3.63, 3.8) is 0 Å². The van der Waals surface area contributed by atoms with E-state index in [9.17, 15) is 9.59 Å². The van der Waals surface area contributed by atoms with E-state index in [1.54, 1.807) is 12.1 Å². The van der Waals surface area contributed by atoms with Crippen LogP contribution in [0.3, 0.4) is 0 Å². The first-order valence-electron chi connectivity index (χ1n) is 6.52. The highest BCUT2D eigenvalue weighted by Gasteiger charge is 2.29. The minimum Gasteiger partial charge on any atom is -0.478 e. The van der Waals surface area contributed by atoms with Gasteiger partial charge in [0.25, 0.3) is 5.91 Å². The average Bonchev–Trinajstić information content (AvgIpc) is 2.37. The van der Waals surface area contributed by atoms with Crippen LogP contribution in [0.15, 0.2) is 24.3 Å². The van der Waals surface area contributed by atoms with Crippen LogP contribution in [-0.2, 0) is 0 Å². The first-order valence-corrected chi connectivity index (χ1v) is 6.52. The third-order valence-electron chi connectivity index (χ3n) is 3.57. The summed E-state index contributed by atoms with van der Waals surface area (Å²) in [6, 6.07) is 6.14. The minimum absolute atomic E-state index is 0.00952. The van der Waals surface area contributed by atoms with Crippen LogP contribution in [0.25, 0.3) is 0 Å². The van der Waals surface area contributed by atoms with E-state index in [1.165, 1.54) is 12.1 Å². The molecule has 4 nitrogen and oxygen atoms in total. The summed E-state index contributed by atoms with van der Waals surface area (Å²) in [5, 5.41) is 8.84. The summed E-state index contributed by atoms with van der Waals surface area (Å²) in [7, 11) is 0. The molecule has 1 saturated heterocycles. The van der Waals surface area contributed by atoms with Gasteiger partial charge < -0.3 is 10.0 Å². The highest BCUT2D eigenvalue weighted by molar-refractivity contribution is 5.96. The van der Waals surface area contributed by atoms with Gasteiger partial charge in [-0.2, -0.15) is 0 Å². The lowest BCUT2D eigenvalue weighted by atomic mass is 9.84. The van der Waals surface area contributed by atoms with Gasteiger partial charge in [-0.1, -0.05) is 13.8 Å². The van der Waals surface area contributed by atoms with E-state index < -0.39 is 5.97 Å². The molecular weight excluding hydrogens is 242 g/mol. The second kappa shape index (κ2) is 5.03. The van der Waals surface area contributed by atoms with E-state index in [0.29, 0.717) is 5.56 Å². The number of piperidine rings is 1. The van der Waals surface area contributed by atoms with E-state index >= 15 is 0 Å². The van der Waals surface area contributed by atoms with E-state index in [2.05, 4.69) is 13.8 Å². The van der Waals surface area contributed by atoms with Gasteiger partial charge in [-0.15, -0.1) is 0 Å². The smallest absolute Gasteiger partial charge is 0.335 e. The van der Waals surface area contributed by atoms with Gasteiger partial charge in [0, 0.05) is 18.7 Å². The van der Waals surface area contributed by atoms with Crippen molar-refractivity contribution in [1.29, 1.82) is 0 Å². The molecule has 0 saturated carbocycles. The summed E-state index contributed by atoms with van der Waals surface area (Å²) in [6.07, 6.45) is 2.15. The topological polar surface area (TPSA) is 57.6 Å². The Hall–Kier alpha value is -1.84. The predicted molar refractivity (Wildman–Crippen MR) is 72.3 cm³/mol. The molecular formula is C15H19NO3. The Kier molecular flexibility index (Phi) is 3.60. The molecule has 1 aliphatic rings. The molecule has 1 amide bonds. The summed E-state index contributed by atoms with van der Waals surface area (Å²) >= 11 is 0. The Labute approximate surface area is 113 Å². The number of amides is 1. The first-order chi connectivity index (χ1) is 8.89. The maximum Gasteiger partial charge on any atom is 0.335 e. The Morgan fingerprint density at radius 3 is 2.26 bits per heavy atom. The van der Waals surface area contributed by atoms with Crippen molar-refractivity contribution in [2.24, 2.45) is 5.41 Å². The first kappa shape index (κ1) is 13.6. The normalized spacial score (nSPS) is 18.1. The highest BCUT2D eigenvalue weighted by Crippen LogP contribution is 2.29. The number of rotatable bonds is 2. The summed E-state index contributed by atoms with van der Waals surface area (Å²) < 4.78 is 0. The molecule has 0 radical (unpaired) electrons. The van der Waals surface area contributed by atoms with Gasteiger partial charge in [-0.05, 0) is 42.5 Å². The van der Waals surface area contributed by atoms with E-state index in [-0.39, 0.29) is 16.9 Å². The Morgan fingerprint density at radius 2 is 1.74 bits per heavy atom. The number of carboxylic acid groups (broad SMARTS) is 1. The summed E-state index contributed by atoms with van der Waals surface area (Å²) in [6.45, 7) is 5.87. The Balaban J connectivity index is 2.13. The molecule has 1 aliphatic heterocycles. The van der Waals surface area contributed by atoms with Crippen LogP contribution in [0.1, 0.15) is 47.4 Å². The molecule has 1 heterocycles. The van der Waals surface area contributed by atoms with E-state index in [0.717, 1.165) is 25.9 Å². The molecule has 0 spiro atoms. The minimum atomic E-state index is -0.974. The Bertz CT molecular complexity index is 491. The predicted octanol–water partition coefficient (Wildman–Crippen LogP) is 2.65. The number of hydrogen-bond donors (Lipinski definition) is 1. The number of hydrogen-bond acceptors (Lipinski definition) is 2. The van der Waals surface area contributed by atoms with Gasteiger partial charge in [-0.25, -0.2) is 4.79 Å². The third-order valence-corrected chi connectivity index (χ3v) is 3.57. The van der Waals surface area contributed by atoms with Crippen molar-refractivity contribution < 1.29 is 14.7 Å². The van der Waals surface area contributed by atoms with Gasteiger partial charge in [0.15, 0.2) is 0 Å². The monoisotopic (exact) mass is 261 g/mol. The fourth-order valence-corrected chi connectivity index (χ4v) is 2.53. The largest absolute Gasteiger partial charge is 0.478 e. The molecule has 19 heavy (non-hydrogen) atoms. The molecule has 0 bridgehead atoms.